The first-order valence-electron chi connectivity index (χ1n) is 8.62. The minimum Gasteiger partial charge on any atom is -0.323 e. The van der Waals surface area contributed by atoms with Gasteiger partial charge in [0.25, 0.3) is 0 Å². The monoisotopic (exact) mass is 402 g/mol. The van der Waals surface area contributed by atoms with Gasteiger partial charge in [-0.3, -0.25) is 9.20 Å². The Balaban J connectivity index is 1.27. The van der Waals surface area contributed by atoms with Gasteiger partial charge in [-0.25, -0.2) is 9.97 Å². The minimum atomic E-state index is -0.186. The number of fused-ring (bicyclic) bond motifs is 2. The van der Waals surface area contributed by atoms with Gasteiger partial charge in [0.2, 0.25) is 5.91 Å². The summed E-state index contributed by atoms with van der Waals surface area (Å²) in [6.07, 6.45) is 7.24. The fraction of sp³-hybridized carbons (Fsp3) is 0. The molecule has 0 aliphatic carbocycles. The van der Waals surface area contributed by atoms with E-state index in [0.29, 0.717) is 0 Å². The molecule has 136 valence electrons. The number of amides is 1. The number of benzene rings is 2. The zero-order valence-electron chi connectivity index (χ0n) is 14.6. The van der Waals surface area contributed by atoms with Gasteiger partial charge < -0.3 is 5.32 Å². The Morgan fingerprint density at radius 1 is 1.07 bits per heavy atom. The molecule has 3 heterocycles. The van der Waals surface area contributed by atoms with Gasteiger partial charge in [-0.1, -0.05) is 24.3 Å². The lowest BCUT2D eigenvalue weighted by Crippen LogP contribution is -2.07. The Kier molecular flexibility index (Phi) is 4.23. The maximum absolute atomic E-state index is 12.2. The van der Waals surface area contributed by atoms with Crippen LogP contribution in [0.15, 0.2) is 72.4 Å². The molecule has 0 bridgehead atoms. The average molecular weight is 403 g/mol. The van der Waals surface area contributed by atoms with Crippen LogP contribution in [0.1, 0.15) is 5.01 Å². The van der Waals surface area contributed by atoms with E-state index in [9.17, 15) is 4.79 Å². The van der Waals surface area contributed by atoms with Crippen LogP contribution in [-0.4, -0.2) is 20.3 Å². The molecule has 7 heteroatoms. The number of imidazole rings is 1. The lowest BCUT2D eigenvalue weighted by molar-refractivity contribution is -0.111. The summed E-state index contributed by atoms with van der Waals surface area (Å²) >= 11 is 3.16. The molecular weight excluding hydrogens is 388 g/mol. The van der Waals surface area contributed by atoms with Gasteiger partial charge in [0, 0.05) is 35.1 Å². The van der Waals surface area contributed by atoms with Gasteiger partial charge in [-0.15, -0.1) is 22.7 Å². The van der Waals surface area contributed by atoms with E-state index in [-0.39, 0.29) is 5.91 Å². The van der Waals surface area contributed by atoms with Crippen LogP contribution in [0.5, 0.6) is 0 Å². The second-order valence-corrected chi connectivity index (χ2v) is 8.07. The number of hydrogen-bond acceptors (Lipinski definition) is 5. The van der Waals surface area contributed by atoms with E-state index in [2.05, 4.69) is 15.3 Å². The Morgan fingerprint density at radius 3 is 2.75 bits per heavy atom. The van der Waals surface area contributed by atoms with E-state index in [1.165, 1.54) is 6.08 Å². The van der Waals surface area contributed by atoms with E-state index in [4.69, 9.17) is 0 Å². The number of nitrogens with zero attached hydrogens (tertiary/aromatic N) is 3. The Morgan fingerprint density at radius 2 is 1.93 bits per heavy atom. The minimum absolute atomic E-state index is 0.186. The Bertz CT molecular complexity index is 1250. The van der Waals surface area contributed by atoms with Crippen LogP contribution >= 0.6 is 22.7 Å². The highest BCUT2D eigenvalue weighted by molar-refractivity contribution is 7.19. The zero-order chi connectivity index (χ0) is 18.9. The third kappa shape index (κ3) is 3.33. The second kappa shape index (κ2) is 7.03. The summed E-state index contributed by atoms with van der Waals surface area (Å²) in [7, 11) is 0. The highest BCUT2D eigenvalue weighted by Crippen LogP contribution is 2.24. The van der Waals surface area contributed by atoms with E-state index < -0.39 is 0 Å². The number of anilines is 1. The molecule has 2 aromatic carbocycles. The first-order valence-corrected chi connectivity index (χ1v) is 10.3. The fourth-order valence-corrected chi connectivity index (χ4v) is 4.45. The summed E-state index contributed by atoms with van der Waals surface area (Å²) in [5.41, 5.74) is 3.62. The second-order valence-electron chi connectivity index (χ2n) is 6.14. The van der Waals surface area contributed by atoms with Crippen molar-refractivity contribution in [1.82, 2.24) is 14.4 Å². The standard InChI is InChI=1S/C21H14N4OS2/c26-19(9-10-20-23-16-3-1-2-4-18(16)28-20)22-15-7-5-14(6-8-15)17-13-25-11-12-27-21(25)24-17/h1-13H,(H,22,26)/b10-9+. The Labute approximate surface area is 168 Å². The molecule has 3 aromatic heterocycles. The molecule has 28 heavy (non-hydrogen) atoms. The maximum atomic E-state index is 12.2. The van der Waals surface area contributed by atoms with Crippen molar-refractivity contribution in [2.24, 2.45) is 0 Å². The third-order valence-electron chi connectivity index (χ3n) is 4.23. The van der Waals surface area contributed by atoms with Crippen LogP contribution in [-0.2, 0) is 4.79 Å². The van der Waals surface area contributed by atoms with E-state index in [1.807, 2.05) is 70.7 Å². The van der Waals surface area contributed by atoms with Crippen LogP contribution in [0.2, 0.25) is 0 Å². The van der Waals surface area contributed by atoms with Gasteiger partial charge >= 0.3 is 0 Å². The molecule has 0 fully saturated rings. The van der Waals surface area contributed by atoms with Crippen molar-refractivity contribution >= 4 is 55.5 Å². The zero-order valence-corrected chi connectivity index (χ0v) is 16.2. The molecule has 5 nitrogen and oxygen atoms in total. The van der Waals surface area contributed by atoms with Crippen molar-refractivity contribution in [2.45, 2.75) is 0 Å². The van der Waals surface area contributed by atoms with Gasteiger partial charge in [-0.05, 0) is 30.3 Å². The summed E-state index contributed by atoms with van der Waals surface area (Å²) < 4.78 is 3.11. The van der Waals surface area contributed by atoms with Crippen molar-refractivity contribution in [3.05, 3.63) is 77.4 Å². The Hall–Kier alpha value is -3.29. The average Bonchev–Trinajstić information content (AvgIpc) is 3.41. The number of rotatable bonds is 4. The number of carbonyl (C=O) groups is 1. The summed E-state index contributed by atoms with van der Waals surface area (Å²) in [5, 5.41) is 5.69. The lowest BCUT2D eigenvalue weighted by Gasteiger charge is -2.03. The summed E-state index contributed by atoms with van der Waals surface area (Å²) in [6.45, 7) is 0. The van der Waals surface area contributed by atoms with E-state index in [0.717, 1.165) is 37.1 Å². The molecule has 0 saturated heterocycles. The first-order chi connectivity index (χ1) is 13.7. The van der Waals surface area contributed by atoms with Crippen molar-refractivity contribution in [1.29, 1.82) is 0 Å². The molecule has 0 radical (unpaired) electrons. The molecule has 5 aromatic rings. The smallest absolute Gasteiger partial charge is 0.248 e. The summed E-state index contributed by atoms with van der Waals surface area (Å²) in [6, 6.07) is 15.6. The molecular formula is C21H14N4OS2. The largest absolute Gasteiger partial charge is 0.323 e. The van der Waals surface area contributed by atoms with E-state index in [1.54, 1.807) is 28.7 Å². The van der Waals surface area contributed by atoms with Crippen molar-refractivity contribution < 1.29 is 4.79 Å². The molecule has 5 rings (SSSR count). The van der Waals surface area contributed by atoms with Gasteiger partial charge in [0.1, 0.15) is 5.01 Å². The highest BCUT2D eigenvalue weighted by Gasteiger charge is 2.06. The molecule has 1 N–H and O–H groups in total. The molecule has 0 aliphatic heterocycles. The predicted octanol–water partition coefficient (Wildman–Crippen LogP) is 5.32. The van der Waals surface area contributed by atoms with Gasteiger partial charge in [0.05, 0.1) is 15.9 Å². The molecule has 1 amide bonds. The normalized spacial score (nSPS) is 11.6. The topological polar surface area (TPSA) is 59.3 Å². The maximum Gasteiger partial charge on any atom is 0.248 e. The van der Waals surface area contributed by atoms with Gasteiger partial charge in [-0.2, -0.15) is 0 Å². The number of para-hydroxylation sites is 1. The van der Waals surface area contributed by atoms with Crippen LogP contribution in [0.25, 0.3) is 32.5 Å². The number of carbonyl (C=O) groups excluding carboxylic acids is 1. The van der Waals surface area contributed by atoms with Crippen LogP contribution in [0, 0.1) is 0 Å². The number of aromatic nitrogens is 3. The molecule has 0 unspecified atom stereocenters. The van der Waals surface area contributed by atoms with Gasteiger partial charge in [0.15, 0.2) is 4.96 Å². The molecule has 0 atom stereocenters. The van der Waals surface area contributed by atoms with E-state index >= 15 is 0 Å². The molecule has 0 aliphatic rings. The lowest BCUT2D eigenvalue weighted by atomic mass is 10.1. The molecule has 0 saturated carbocycles. The number of hydrogen-bond donors (Lipinski definition) is 1. The van der Waals surface area contributed by atoms with Crippen molar-refractivity contribution in [3.63, 3.8) is 0 Å². The van der Waals surface area contributed by atoms with Crippen LogP contribution in [0.4, 0.5) is 5.69 Å². The quantitative estimate of drug-likeness (QED) is 0.414. The predicted molar refractivity (Wildman–Crippen MR) is 116 cm³/mol. The fourth-order valence-electron chi connectivity index (χ4n) is 2.88. The van der Waals surface area contributed by atoms with Crippen LogP contribution < -0.4 is 5.32 Å². The first kappa shape index (κ1) is 16.9. The number of thiazole rings is 2. The SMILES string of the molecule is O=C(/C=C/c1nc2ccccc2s1)Nc1ccc(-c2cn3ccsc3n2)cc1. The molecule has 0 spiro atoms. The van der Waals surface area contributed by atoms with Crippen molar-refractivity contribution in [2.75, 3.05) is 5.32 Å². The highest BCUT2D eigenvalue weighted by atomic mass is 32.1. The third-order valence-corrected chi connectivity index (χ3v) is 6.00. The van der Waals surface area contributed by atoms with Crippen molar-refractivity contribution in [3.8, 4) is 11.3 Å². The number of nitrogens with one attached hydrogen (secondary N) is 1. The summed E-state index contributed by atoms with van der Waals surface area (Å²) in [4.78, 5) is 22.3. The summed E-state index contributed by atoms with van der Waals surface area (Å²) in [5.74, 6) is -0.186. The van der Waals surface area contributed by atoms with Crippen LogP contribution in [0.3, 0.4) is 0 Å².